The number of pyridine rings is 1. The quantitative estimate of drug-likeness (QED) is 0.767. The number of halogens is 2. The zero-order chi connectivity index (χ0) is 11.5. The first-order chi connectivity index (χ1) is 7.66. The molecule has 0 atom stereocenters. The second kappa shape index (κ2) is 4.74. The minimum absolute atomic E-state index is 0.0159. The van der Waals surface area contributed by atoms with E-state index in [0.29, 0.717) is 0 Å². The highest BCUT2D eigenvalue weighted by molar-refractivity contribution is 5.40. The average Bonchev–Trinajstić information content (AvgIpc) is 2.30. The Morgan fingerprint density at radius 1 is 1.19 bits per heavy atom. The van der Waals surface area contributed by atoms with Gasteiger partial charge in [0.05, 0.1) is 0 Å². The molecule has 0 saturated carbocycles. The molecule has 1 aromatic heterocycles. The van der Waals surface area contributed by atoms with Crippen LogP contribution < -0.4 is 4.90 Å². The lowest BCUT2D eigenvalue weighted by Gasteiger charge is -2.33. The van der Waals surface area contributed by atoms with E-state index in [4.69, 9.17) is 0 Å². The molecule has 2 heterocycles. The van der Waals surface area contributed by atoms with Gasteiger partial charge in [-0.1, -0.05) is 0 Å². The Balaban J connectivity index is 2.04. The number of likely N-dealkylation sites (N-methyl/N-ethyl adjacent to an activating group) is 1. The summed E-state index contributed by atoms with van der Waals surface area (Å²) in [4.78, 5) is 8.44. The van der Waals surface area contributed by atoms with E-state index in [1.807, 2.05) is 0 Å². The summed E-state index contributed by atoms with van der Waals surface area (Å²) in [6.07, 6.45) is -1.17. The molecule has 1 fully saturated rings. The van der Waals surface area contributed by atoms with Crippen LogP contribution in [-0.2, 0) is 0 Å². The molecule has 16 heavy (non-hydrogen) atoms. The van der Waals surface area contributed by atoms with E-state index in [1.54, 1.807) is 6.07 Å². The fourth-order valence-electron chi connectivity index (χ4n) is 1.75. The number of piperazine rings is 1. The van der Waals surface area contributed by atoms with E-state index >= 15 is 0 Å². The largest absolute Gasteiger partial charge is 0.354 e. The molecule has 1 aliphatic rings. The molecule has 0 radical (unpaired) electrons. The van der Waals surface area contributed by atoms with Crippen molar-refractivity contribution in [2.75, 3.05) is 38.1 Å². The maximum Gasteiger partial charge on any atom is 0.265 e. The van der Waals surface area contributed by atoms with Crippen molar-refractivity contribution in [3.63, 3.8) is 0 Å². The fourth-order valence-corrected chi connectivity index (χ4v) is 1.75. The highest BCUT2D eigenvalue weighted by Crippen LogP contribution is 2.20. The van der Waals surface area contributed by atoms with Gasteiger partial charge in [0.25, 0.3) is 6.43 Å². The van der Waals surface area contributed by atoms with Crippen LogP contribution in [0.2, 0.25) is 0 Å². The number of nitrogens with zero attached hydrogens (tertiary/aromatic N) is 3. The maximum absolute atomic E-state index is 12.3. The van der Waals surface area contributed by atoms with Gasteiger partial charge in [-0.2, -0.15) is 0 Å². The summed E-state index contributed by atoms with van der Waals surface area (Å²) in [5.41, 5.74) is -0.0159. The van der Waals surface area contributed by atoms with Crippen molar-refractivity contribution in [3.05, 3.63) is 23.9 Å². The molecule has 0 N–H and O–H groups in total. The van der Waals surface area contributed by atoms with Gasteiger partial charge in [0.1, 0.15) is 5.82 Å². The Hall–Kier alpha value is -1.23. The van der Waals surface area contributed by atoms with Gasteiger partial charge in [0, 0.05) is 37.9 Å². The summed E-state index contributed by atoms with van der Waals surface area (Å²) in [6.45, 7) is 3.77. The lowest BCUT2D eigenvalue weighted by atomic mass is 10.2. The van der Waals surface area contributed by atoms with E-state index < -0.39 is 6.43 Å². The van der Waals surface area contributed by atoms with Crippen LogP contribution in [0.3, 0.4) is 0 Å². The molecule has 1 aliphatic heterocycles. The standard InChI is InChI=1S/C11H15F2N3/c1-15-4-6-16(7-5-15)10-3-2-9(8-14-10)11(12)13/h2-3,8,11H,4-7H2,1H3. The number of hydrogen-bond donors (Lipinski definition) is 0. The number of aromatic nitrogens is 1. The van der Waals surface area contributed by atoms with Crippen molar-refractivity contribution in [1.82, 2.24) is 9.88 Å². The van der Waals surface area contributed by atoms with Crippen LogP contribution in [-0.4, -0.2) is 43.1 Å². The summed E-state index contributed by atoms with van der Waals surface area (Å²) < 4.78 is 24.7. The van der Waals surface area contributed by atoms with Crippen LogP contribution >= 0.6 is 0 Å². The molecule has 0 bridgehead atoms. The van der Waals surface area contributed by atoms with Gasteiger partial charge >= 0.3 is 0 Å². The molecule has 2 rings (SSSR count). The molecule has 0 unspecified atom stereocenters. The molecule has 0 amide bonds. The van der Waals surface area contributed by atoms with Gasteiger partial charge < -0.3 is 9.80 Å². The molecule has 88 valence electrons. The van der Waals surface area contributed by atoms with Crippen molar-refractivity contribution in [2.24, 2.45) is 0 Å². The first-order valence-corrected chi connectivity index (χ1v) is 5.34. The third-order valence-corrected chi connectivity index (χ3v) is 2.85. The third kappa shape index (κ3) is 2.47. The van der Waals surface area contributed by atoms with Crippen LogP contribution in [0.25, 0.3) is 0 Å². The minimum Gasteiger partial charge on any atom is -0.354 e. The molecule has 5 heteroatoms. The molecule has 3 nitrogen and oxygen atoms in total. The van der Waals surface area contributed by atoms with Crippen LogP contribution in [0.1, 0.15) is 12.0 Å². The number of hydrogen-bond acceptors (Lipinski definition) is 3. The first-order valence-electron chi connectivity index (χ1n) is 5.34. The van der Waals surface area contributed by atoms with Crippen LogP contribution in [0.5, 0.6) is 0 Å². The van der Waals surface area contributed by atoms with E-state index in [9.17, 15) is 8.78 Å². The zero-order valence-corrected chi connectivity index (χ0v) is 9.24. The topological polar surface area (TPSA) is 19.4 Å². The van der Waals surface area contributed by atoms with Crippen LogP contribution in [0.4, 0.5) is 14.6 Å². The monoisotopic (exact) mass is 227 g/mol. The van der Waals surface area contributed by atoms with E-state index in [-0.39, 0.29) is 5.56 Å². The van der Waals surface area contributed by atoms with E-state index in [2.05, 4.69) is 21.8 Å². The van der Waals surface area contributed by atoms with Crippen molar-refractivity contribution < 1.29 is 8.78 Å². The predicted molar refractivity (Wildman–Crippen MR) is 58.9 cm³/mol. The predicted octanol–water partition coefficient (Wildman–Crippen LogP) is 1.77. The van der Waals surface area contributed by atoms with Gasteiger partial charge in [-0.25, -0.2) is 13.8 Å². The highest BCUT2D eigenvalue weighted by atomic mass is 19.3. The Morgan fingerprint density at radius 2 is 1.88 bits per heavy atom. The van der Waals surface area contributed by atoms with Crippen molar-refractivity contribution in [3.8, 4) is 0 Å². The second-order valence-corrected chi connectivity index (χ2v) is 4.04. The van der Waals surface area contributed by atoms with Crippen molar-refractivity contribution in [1.29, 1.82) is 0 Å². The molecular formula is C11H15F2N3. The maximum atomic E-state index is 12.3. The number of anilines is 1. The van der Waals surface area contributed by atoms with Crippen LogP contribution in [0, 0.1) is 0 Å². The lowest BCUT2D eigenvalue weighted by molar-refractivity contribution is 0.151. The summed E-state index contributed by atoms with van der Waals surface area (Å²) in [7, 11) is 2.07. The summed E-state index contributed by atoms with van der Waals surface area (Å²) in [6, 6.07) is 3.12. The second-order valence-electron chi connectivity index (χ2n) is 4.04. The molecular weight excluding hydrogens is 212 g/mol. The highest BCUT2D eigenvalue weighted by Gasteiger charge is 2.15. The SMILES string of the molecule is CN1CCN(c2ccc(C(F)F)cn2)CC1. The van der Waals surface area contributed by atoms with E-state index in [1.165, 1.54) is 12.3 Å². The molecule has 0 spiro atoms. The molecule has 0 aromatic carbocycles. The van der Waals surface area contributed by atoms with Crippen molar-refractivity contribution in [2.45, 2.75) is 6.43 Å². The Bertz CT molecular complexity index is 332. The fraction of sp³-hybridized carbons (Fsp3) is 0.545. The van der Waals surface area contributed by atoms with Gasteiger partial charge in [-0.15, -0.1) is 0 Å². The molecule has 0 aliphatic carbocycles. The summed E-state index contributed by atoms with van der Waals surface area (Å²) >= 11 is 0. The third-order valence-electron chi connectivity index (χ3n) is 2.85. The van der Waals surface area contributed by atoms with Crippen molar-refractivity contribution >= 4 is 5.82 Å². The first kappa shape index (κ1) is 11.3. The summed E-state index contributed by atoms with van der Waals surface area (Å²) in [5.74, 6) is 0.789. The lowest BCUT2D eigenvalue weighted by Crippen LogP contribution is -2.44. The normalized spacial score (nSPS) is 18.1. The Labute approximate surface area is 93.7 Å². The Morgan fingerprint density at radius 3 is 2.38 bits per heavy atom. The Kier molecular flexibility index (Phi) is 3.33. The van der Waals surface area contributed by atoms with Gasteiger partial charge in [0.2, 0.25) is 0 Å². The minimum atomic E-state index is -2.44. The average molecular weight is 227 g/mol. The van der Waals surface area contributed by atoms with Gasteiger partial charge in [-0.3, -0.25) is 0 Å². The molecule has 1 aromatic rings. The number of rotatable bonds is 2. The zero-order valence-electron chi connectivity index (χ0n) is 9.24. The smallest absolute Gasteiger partial charge is 0.265 e. The van der Waals surface area contributed by atoms with Crippen LogP contribution in [0.15, 0.2) is 18.3 Å². The van der Waals surface area contributed by atoms with Gasteiger partial charge in [0.15, 0.2) is 0 Å². The number of alkyl halides is 2. The molecule has 1 saturated heterocycles. The van der Waals surface area contributed by atoms with E-state index in [0.717, 1.165) is 32.0 Å². The summed E-state index contributed by atoms with van der Waals surface area (Å²) in [5, 5.41) is 0. The van der Waals surface area contributed by atoms with Gasteiger partial charge in [-0.05, 0) is 19.2 Å².